The van der Waals surface area contributed by atoms with E-state index in [0.717, 1.165) is 12.8 Å². The number of carbonyl (C=O) groups is 1. The normalized spacial score (nSPS) is 16.6. The van der Waals surface area contributed by atoms with E-state index in [2.05, 4.69) is 14.9 Å². The molecule has 6 rings (SSSR count). The van der Waals surface area contributed by atoms with Gasteiger partial charge in [-0.15, -0.1) is 13.2 Å². The summed E-state index contributed by atoms with van der Waals surface area (Å²) in [6.45, 7) is 1.08. The second kappa shape index (κ2) is 11.2. The lowest BCUT2D eigenvalue weighted by Gasteiger charge is -2.32. The molecular weight excluding hydrogens is 592 g/mol. The van der Waals surface area contributed by atoms with Crippen LogP contribution in [0.25, 0.3) is 28.2 Å². The molecule has 2 fully saturated rings. The zero-order valence-electron chi connectivity index (χ0n) is 23.0. The molecule has 230 valence electrons. The van der Waals surface area contributed by atoms with Crippen molar-refractivity contribution in [3.8, 4) is 17.0 Å². The summed E-state index contributed by atoms with van der Waals surface area (Å²) >= 11 is 0. The van der Waals surface area contributed by atoms with Crippen molar-refractivity contribution in [3.63, 3.8) is 0 Å². The first kappa shape index (κ1) is 29.5. The van der Waals surface area contributed by atoms with Crippen molar-refractivity contribution in [2.24, 2.45) is 5.92 Å². The summed E-state index contributed by atoms with van der Waals surface area (Å²) in [5.41, 5.74) is -0.201. The van der Waals surface area contributed by atoms with Crippen LogP contribution in [-0.2, 0) is 6.18 Å². The Morgan fingerprint density at radius 1 is 1.00 bits per heavy atom. The first-order valence-corrected chi connectivity index (χ1v) is 13.9. The third-order valence-corrected chi connectivity index (χ3v) is 7.83. The molecule has 7 nitrogen and oxygen atoms in total. The monoisotopic (exact) mass is 617 g/mol. The van der Waals surface area contributed by atoms with E-state index in [-0.39, 0.29) is 39.7 Å². The summed E-state index contributed by atoms with van der Waals surface area (Å²) in [5, 5.41) is 13.1. The van der Waals surface area contributed by atoms with E-state index in [1.807, 2.05) is 17.1 Å². The van der Waals surface area contributed by atoms with Crippen LogP contribution in [0.3, 0.4) is 0 Å². The number of fused-ring (bicyclic) bond motifs is 1. The highest BCUT2D eigenvalue weighted by atomic mass is 19.4. The van der Waals surface area contributed by atoms with Crippen molar-refractivity contribution >= 4 is 28.6 Å². The van der Waals surface area contributed by atoms with Gasteiger partial charge in [-0.25, -0.2) is 9.78 Å². The van der Waals surface area contributed by atoms with E-state index in [4.69, 9.17) is 4.52 Å². The molecule has 0 amide bonds. The van der Waals surface area contributed by atoms with Gasteiger partial charge in [0.15, 0.2) is 0 Å². The molecular formula is C31H25F6N3O4. The van der Waals surface area contributed by atoms with Crippen LogP contribution < -0.4 is 9.64 Å². The lowest BCUT2D eigenvalue weighted by Crippen LogP contribution is -2.33. The summed E-state index contributed by atoms with van der Waals surface area (Å²) in [6.07, 6.45) is -2.70. The Morgan fingerprint density at radius 3 is 2.39 bits per heavy atom. The number of halogens is 6. The Kier molecular flexibility index (Phi) is 7.50. The van der Waals surface area contributed by atoms with Crippen LogP contribution in [0.4, 0.5) is 32.0 Å². The number of carboxylic acid groups (broad SMARTS) is 1. The first-order chi connectivity index (χ1) is 20.9. The fourth-order valence-electron chi connectivity index (χ4n) is 5.52. The SMILES string of the molecule is O=C(O)c1cc(C(F)(F)F)c2cc(N3CCC(/C=C/c4c(-c5ccccc5OC(F)(F)F)noc4C4CC4)CC3)ccc2n1. The van der Waals surface area contributed by atoms with Gasteiger partial charge in [0.25, 0.3) is 0 Å². The zero-order chi connectivity index (χ0) is 31.2. The molecule has 1 aliphatic carbocycles. The molecule has 0 atom stereocenters. The maximum Gasteiger partial charge on any atom is 0.573 e. The summed E-state index contributed by atoms with van der Waals surface area (Å²) in [4.78, 5) is 17.1. The van der Waals surface area contributed by atoms with E-state index in [9.17, 15) is 36.2 Å². The van der Waals surface area contributed by atoms with E-state index in [0.29, 0.717) is 49.0 Å². The molecule has 1 aliphatic heterocycles. The average Bonchev–Trinajstić information content (AvgIpc) is 3.73. The zero-order valence-corrected chi connectivity index (χ0v) is 23.0. The van der Waals surface area contributed by atoms with Crippen LogP contribution in [0, 0.1) is 5.92 Å². The number of hydrogen-bond acceptors (Lipinski definition) is 6. The van der Waals surface area contributed by atoms with Gasteiger partial charge in [0.2, 0.25) is 0 Å². The Bertz CT molecular complexity index is 1730. The predicted molar refractivity (Wildman–Crippen MR) is 148 cm³/mol. The molecule has 1 saturated heterocycles. The minimum Gasteiger partial charge on any atom is -0.477 e. The standard InChI is InChI=1S/C31H25F6N3O4/c32-30(33,34)23-16-25(29(41)42)38-24-10-8-19(15-22(23)24)40-13-11-17(12-14-40)5-9-21-27(39-44-28(21)18-6-7-18)20-3-1-2-4-26(20)43-31(35,36)37/h1-5,8-10,15-18H,6-7,11-14H2,(H,41,42)/b9-5+. The number of benzene rings is 2. The maximum atomic E-state index is 13.8. The topological polar surface area (TPSA) is 88.7 Å². The van der Waals surface area contributed by atoms with Gasteiger partial charge in [0.05, 0.1) is 11.1 Å². The van der Waals surface area contributed by atoms with Crippen molar-refractivity contribution < 1.29 is 45.5 Å². The number of nitrogens with zero attached hydrogens (tertiary/aromatic N) is 3. The summed E-state index contributed by atoms with van der Waals surface area (Å²) in [6, 6.07) is 10.7. The number of pyridine rings is 1. The van der Waals surface area contributed by atoms with Gasteiger partial charge in [-0.2, -0.15) is 13.2 Å². The maximum absolute atomic E-state index is 13.8. The summed E-state index contributed by atoms with van der Waals surface area (Å²) < 4.78 is 90.4. The van der Waals surface area contributed by atoms with E-state index in [1.54, 1.807) is 12.1 Å². The highest BCUT2D eigenvalue weighted by Gasteiger charge is 2.36. The number of anilines is 1. The lowest BCUT2D eigenvalue weighted by molar-refractivity contribution is -0.274. The van der Waals surface area contributed by atoms with Crippen molar-refractivity contribution in [3.05, 3.63) is 77.2 Å². The van der Waals surface area contributed by atoms with E-state index < -0.39 is 29.8 Å². The summed E-state index contributed by atoms with van der Waals surface area (Å²) in [7, 11) is 0. The van der Waals surface area contributed by atoms with Crippen molar-refractivity contribution in [1.29, 1.82) is 0 Å². The lowest BCUT2D eigenvalue weighted by atomic mass is 9.94. The molecule has 0 bridgehead atoms. The van der Waals surface area contributed by atoms with Gasteiger partial charge in [0.1, 0.15) is 22.9 Å². The van der Waals surface area contributed by atoms with Gasteiger partial charge in [0, 0.05) is 41.2 Å². The molecule has 2 aliphatic rings. The highest BCUT2D eigenvalue weighted by Crippen LogP contribution is 2.46. The molecule has 1 saturated carbocycles. The molecule has 1 N–H and O–H groups in total. The molecule has 0 spiro atoms. The van der Waals surface area contributed by atoms with Gasteiger partial charge in [-0.05, 0) is 68.0 Å². The summed E-state index contributed by atoms with van der Waals surface area (Å²) in [5.74, 6) is -1.07. The fourth-order valence-corrected chi connectivity index (χ4v) is 5.52. The Labute approximate surface area is 246 Å². The van der Waals surface area contributed by atoms with Crippen molar-refractivity contribution in [2.75, 3.05) is 18.0 Å². The van der Waals surface area contributed by atoms with Gasteiger partial charge in [-0.1, -0.05) is 29.4 Å². The predicted octanol–water partition coefficient (Wildman–Crippen LogP) is 8.31. The smallest absolute Gasteiger partial charge is 0.477 e. The Hall–Kier alpha value is -4.55. The average molecular weight is 618 g/mol. The Morgan fingerprint density at radius 2 is 1.73 bits per heavy atom. The third-order valence-electron chi connectivity index (χ3n) is 7.83. The molecule has 0 radical (unpaired) electrons. The number of carboxylic acids is 1. The number of piperidine rings is 1. The minimum absolute atomic E-state index is 0.0583. The second-order valence-corrected chi connectivity index (χ2v) is 10.9. The number of aromatic carboxylic acids is 1. The molecule has 44 heavy (non-hydrogen) atoms. The van der Waals surface area contributed by atoms with Gasteiger partial charge in [-0.3, -0.25) is 0 Å². The van der Waals surface area contributed by atoms with Crippen LogP contribution in [0.15, 0.2) is 59.1 Å². The fraction of sp³-hybridized carbons (Fsp3) is 0.323. The largest absolute Gasteiger partial charge is 0.573 e. The van der Waals surface area contributed by atoms with Crippen LogP contribution in [0.2, 0.25) is 0 Å². The van der Waals surface area contributed by atoms with Crippen LogP contribution in [-0.4, -0.2) is 40.7 Å². The van der Waals surface area contributed by atoms with Crippen molar-refractivity contribution in [1.82, 2.24) is 10.1 Å². The van der Waals surface area contributed by atoms with Crippen LogP contribution in [0.5, 0.6) is 5.75 Å². The van der Waals surface area contributed by atoms with E-state index in [1.165, 1.54) is 30.3 Å². The number of alkyl halides is 6. The molecule has 2 aromatic heterocycles. The van der Waals surface area contributed by atoms with Crippen LogP contribution >= 0.6 is 0 Å². The molecule has 13 heteroatoms. The van der Waals surface area contributed by atoms with Gasteiger partial charge >= 0.3 is 18.5 Å². The number of para-hydroxylation sites is 1. The van der Waals surface area contributed by atoms with Crippen LogP contribution in [0.1, 0.15) is 59.0 Å². The third kappa shape index (κ3) is 6.22. The van der Waals surface area contributed by atoms with Gasteiger partial charge < -0.3 is 19.3 Å². The number of hydrogen-bond donors (Lipinski definition) is 1. The van der Waals surface area contributed by atoms with Crippen molar-refractivity contribution in [2.45, 2.75) is 44.1 Å². The molecule has 3 heterocycles. The molecule has 4 aromatic rings. The number of rotatable bonds is 7. The second-order valence-electron chi connectivity index (χ2n) is 10.9. The highest BCUT2D eigenvalue weighted by molar-refractivity contribution is 5.93. The molecule has 0 unspecified atom stereocenters. The first-order valence-electron chi connectivity index (χ1n) is 13.9. The van der Waals surface area contributed by atoms with E-state index >= 15 is 0 Å². The minimum atomic E-state index is -4.87. The Balaban J connectivity index is 1.22. The number of ether oxygens (including phenoxy) is 1. The number of allylic oxidation sites excluding steroid dienone is 1. The quantitative estimate of drug-likeness (QED) is 0.209. The number of aromatic nitrogens is 2. The molecule has 2 aromatic carbocycles.